The first-order chi connectivity index (χ1) is 6.97. The zero-order valence-corrected chi connectivity index (χ0v) is 7.72. The number of ether oxygens (including phenoxy) is 1. The SMILES string of the molecule is COc1c(O)cc(C(=O)O)cc1C(=O)O. The van der Waals surface area contributed by atoms with Crippen LogP contribution >= 0.6 is 0 Å². The van der Waals surface area contributed by atoms with Crippen LogP contribution in [0.3, 0.4) is 0 Å². The Bertz CT molecular complexity index is 423. The van der Waals surface area contributed by atoms with Crippen LogP contribution in [0.5, 0.6) is 11.5 Å². The molecule has 80 valence electrons. The highest BCUT2D eigenvalue weighted by molar-refractivity contribution is 5.97. The van der Waals surface area contributed by atoms with Crippen molar-refractivity contribution < 1.29 is 29.6 Å². The molecule has 0 fully saturated rings. The van der Waals surface area contributed by atoms with Crippen LogP contribution in [0.15, 0.2) is 12.1 Å². The Balaban J connectivity index is 3.45. The van der Waals surface area contributed by atoms with E-state index < -0.39 is 23.3 Å². The normalized spacial score (nSPS) is 9.67. The number of rotatable bonds is 3. The molecule has 3 N–H and O–H groups in total. The van der Waals surface area contributed by atoms with Gasteiger partial charge in [-0.1, -0.05) is 0 Å². The highest BCUT2D eigenvalue weighted by Gasteiger charge is 2.18. The van der Waals surface area contributed by atoms with Gasteiger partial charge in [0.1, 0.15) is 5.56 Å². The van der Waals surface area contributed by atoms with Gasteiger partial charge in [-0.3, -0.25) is 0 Å². The predicted molar refractivity (Wildman–Crippen MR) is 48.6 cm³/mol. The molecule has 0 amide bonds. The summed E-state index contributed by atoms with van der Waals surface area (Å²) in [7, 11) is 1.18. The van der Waals surface area contributed by atoms with Gasteiger partial charge in [0.05, 0.1) is 12.7 Å². The fourth-order valence-corrected chi connectivity index (χ4v) is 1.11. The number of hydrogen-bond acceptors (Lipinski definition) is 4. The quantitative estimate of drug-likeness (QED) is 0.684. The van der Waals surface area contributed by atoms with Crippen LogP contribution in [-0.2, 0) is 0 Å². The molecule has 0 unspecified atom stereocenters. The van der Waals surface area contributed by atoms with Crippen molar-refractivity contribution in [3.63, 3.8) is 0 Å². The van der Waals surface area contributed by atoms with Gasteiger partial charge in [0, 0.05) is 0 Å². The summed E-state index contributed by atoms with van der Waals surface area (Å²) < 4.78 is 4.65. The Morgan fingerprint density at radius 3 is 2.20 bits per heavy atom. The summed E-state index contributed by atoms with van der Waals surface area (Å²) in [5.41, 5.74) is -0.708. The molecule has 0 aliphatic rings. The topological polar surface area (TPSA) is 104 Å². The number of carboxylic acids is 2. The largest absolute Gasteiger partial charge is 0.504 e. The minimum absolute atomic E-state index is 0.257. The van der Waals surface area contributed by atoms with Crippen molar-refractivity contribution >= 4 is 11.9 Å². The van der Waals surface area contributed by atoms with Gasteiger partial charge in [-0.25, -0.2) is 9.59 Å². The molecule has 0 saturated carbocycles. The van der Waals surface area contributed by atoms with E-state index in [1.54, 1.807) is 0 Å². The maximum Gasteiger partial charge on any atom is 0.339 e. The summed E-state index contributed by atoms with van der Waals surface area (Å²) in [6.07, 6.45) is 0. The third kappa shape index (κ3) is 1.98. The first-order valence-electron chi connectivity index (χ1n) is 3.85. The standard InChI is InChI=1S/C9H8O6/c1-15-7-5(9(13)14)2-4(8(11)12)3-6(7)10/h2-3,10H,1H3,(H,11,12)(H,13,14). The average molecular weight is 212 g/mol. The first-order valence-corrected chi connectivity index (χ1v) is 3.85. The molecule has 15 heavy (non-hydrogen) atoms. The molecule has 0 saturated heterocycles. The van der Waals surface area contributed by atoms with Gasteiger partial charge in [-0.2, -0.15) is 0 Å². The fourth-order valence-electron chi connectivity index (χ4n) is 1.11. The van der Waals surface area contributed by atoms with E-state index in [0.717, 1.165) is 12.1 Å². The molecule has 6 nitrogen and oxygen atoms in total. The zero-order chi connectivity index (χ0) is 11.6. The summed E-state index contributed by atoms with van der Waals surface area (Å²) in [5, 5.41) is 26.7. The lowest BCUT2D eigenvalue weighted by Crippen LogP contribution is -2.05. The molecule has 0 aliphatic heterocycles. The molecule has 1 aromatic rings. The minimum atomic E-state index is -1.37. The molecule has 0 spiro atoms. The Hall–Kier alpha value is -2.24. The lowest BCUT2D eigenvalue weighted by molar-refractivity contribution is 0.0692. The van der Waals surface area contributed by atoms with Crippen LogP contribution in [0.4, 0.5) is 0 Å². The monoisotopic (exact) mass is 212 g/mol. The molecule has 0 heterocycles. The second-order valence-corrected chi connectivity index (χ2v) is 2.69. The number of benzene rings is 1. The summed E-state index contributed by atoms with van der Waals surface area (Å²) in [5.74, 6) is -3.47. The van der Waals surface area contributed by atoms with Crippen LogP contribution in [0.25, 0.3) is 0 Å². The maximum absolute atomic E-state index is 10.7. The number of aromatic hydroxyl groups is 1. The van der Waals surface area contributed by atoms with Crippen LogP contribution < -0.4 is 4.74 Å². The van der Waals surface area contributed by atoms with E-state index in [0.29, 0.717) is 0 Å². The smallest absolute Gasteiger partial charge is 0.339 e. The number of phenols is 1. The van der Waals surface area contributed by atoms with Crippen LogP contribution in [-0.4, -0.2) is 34.4 Å². The highest BCUT2D eigenvalue weighted by atomic mass is 16.5. The summed E-state index contributed by atoms with van der Waals surface area (Å²) in [4.78, 5) is 21.3. The number of phenolic OH excluding ortho intramolecular Hbond substituents is 1. The molecule has 1 aromatic carbocycles. The fraction of sp³-hybridized carbons (Fsp3) is 0.111. The second-order valence-electron chi connectivity index (χ2n) is 2.69. The van der Waals surface area contributed by atoms with Gasteiger partial charge in [0.25, 0.3) is 0 Å². The molecular formula is C9H8O6. The number of methoxy groups -OCH3 is 1. The Kier molecular flexibility index (Phi) is 2.80. The molecule has 0 radical (unpaired) electrons. The maximum atomic E-state index is 10.7. The highest BCUT2D eigenvalue weighted by Crippen LogP contribution is 2.31. The van der Waals surface area contributed by atoms with Crippen molar-refractivity contribution in [1.82, 2.24) is 0 Å². The summed E-state index contributed by atoms with van der Waals surface area (Å²) in [6.45, 7) is 0. The van der Waals surface area contributed by atoms with Crippen molar-refractivity contribution in [2.45, 2.75) is 0 Å². The Morgan fingerprint density at radius 2 is 1.80 bits per heavy atom. The van der Waals surface area contributed by atoms with Gasteiger partial charge < -0.3 is 20.1 Å². The van der Waals surface area contributed by atoms with Gasteiger partial charge in [-0.05, 0) is 12.1 Å². The summed E-state index contributed by atoms with van der Waals surface area (Å²) in [6, 6.07) is 1.84. The molecule has 0 bridgehead atoms. The van der Waals surface area contributed by atoms with E-state index in [4.69, 9.17) is 10.2 Å². The Morgan fingerprint density at radius 1 is 1.20 bits per heavy atom. The molecule has 6 heteroatoms. The van der Waals surface area contributed by atoms with E-state index in [2.05, 4.69) is 4.74 Å². The van der Waals surface area contributed by atoms with Gasteiger partial charge >= 0.3 is 11.9 Å². The molecule has 0 atom stereocenters. The van der Waals surface area contributed by atoms with Crippen molar-refractivity contribution in [3.05, 3.63) is 23.3 Å². The lowest BCUT2D eigenvalue weighted by atomic mass is 10.1. The lowest BCUT2D eigenvalue weighted by Gasteiger charge is -2.07. The second kappa shape index (κ2) is 3.87. The number of carboxylic acid groups (broad SMARTS) is 2. The Labute approximate surface area is 84.3 Å². The van der Waals surface area contributed by atoms with Gasteiger partial charge in [0.2, 0.25) is 0 Å². The van der Waals surface area contributed by atoms with Crippen molar-refractivity contribution in [3.8, 4) is 11.5 Å². The van der Waals surface area contributed by atoms with E-state index in [9.17, 15) is 14.7 Å². The number of aromatic carboxylic acids is 2. The molecular weight excluding hydrogens is 204 g/mol. The van der Waals surface area contributed by atoms with Crippen LogP contribution in [0, 0.1) is 0 Å². The van der Waals surface area contributed by atoms with Gasteiger partial charge in [0.15, 0.2) is 11.5 Å². The van der Waals surface area contributed by atoms with Gasteiger partial charge in [-0.15, -0.1) is 0 Å². The average Bonchev–Trinajstić information content (AvgIpc) is 2.16. The minimum Gasteiger partial charge on any atom is -0.504 e. The number of hydrogen-bond donors (Lipinski definition) is 3. The van der Waals surface area contributed by atoms with E-state index >= 15 is 0 Å². The summed E-state index contributed by atoms with van der Waals surface area (Å²) >= 11 is 0. The van der Waals surface area contributed by atoms with E-state index in [-0.39, 0.29) is 11.3 Å². The van der Waals surface area contributed by atoms with Crippen LogP contribution in [0.2, 0.25) is 0 Å². The third-order valence-corrected chi connectivity index (χ3v) is 1.75. The van der Waals surface area contributed by atoms with Crippen molar-refractivity contribution in [2.24, 2.45) is 0 Å². The molecule has 0 aromatic heterocycles. The molecule has 1 rings (SSSR count). The van der Waals surface area contributed by atoms with Crippen LogP contribution in [0.1, 0.15) is 20.7 Å². The number of carbonyl (C=O) groups is 2. The van der Waals surface area contributed by atoms with Crippen molar-refractivity contribution in [2.75, 3.05) is 7.11 Å². The first kappa shape index (κ1) is 10.8. The van der Waals surface area contributed by atoms with E-state index in [1.807, 2.05) is 0 Å². The van der Waals surface area contributed by atoms with E-state index in [1.165, 1.54) is 7.11 Å². The zero-order valence-electron chi connectivity index (χ0n) is 7.72. The predicted octanol–water partition coefficient (Wildman–Crippen LogP) is 0.797. The third-order valence-electron chi connectivity index (χ3n) is 1.75. The van der Waals surface area contributed by atoms with Crippen molar-refractivity contribution in [1.29, 1.82) is 0 Å². The molecule has 0 aliphatic carbocycles.